The van der Waals surface area contributed by atoms with Crippen molar-refractivity contribution in [2.45, 2.75) is 39.3 Å². The van der Waals surface area contributed by atoms with Crippen molar-refractivity contribution in [3.8, 4) is 0 Å². The largest absolute Gasteiger partial charge is 0.326 e. The normalized spacial score (nSPS) is 14.4. The van der Waals surface area contributed by atoms with Crippen molar-refractivity contribution in [2.75, 3.05) is 0 Å². The van der Waals surface area contributed by atoms with Crippen molar-refractivity contribution in [3.63, 3.8) is 0 Å². The lowest BCUT2D eigenvalue weighted by Crippen LogP contribution is -2.54. The highest BCUT2D eigenvalue weighted by Crippen LogP contribution is 2.15. The number of amidine groups is 1. The second kappa shape index (κ2) is 3.19. The maximum atomic E-state index is 9.35. The molecular formula is C7H17N3O. The van der Waals surface area contributed by atoms with Gasteiger partial charge in [0.2, 0.25) is 0 Å². The molecule has 0 amide bonds. The Morgan fingerprint density at radius 2 is 2.00 bits per heavy atom. The van der Waals surface area contributed by atoms with Crippen LogP contribution in [0.4, 0.5) is 0 Å². The quantitative estimate of drug-likeness (QED) is 0.317. The van der Waals surface area contributed by atoms with E-state index in [-0.39, 0.29) is 11.9 Å². The van der Waals surface area contributed by atoms with E-state index in [0.717, 1.165) is 5.06 Å². The first-order valence-corrected chi connectivity index (χ1v) is 3.60. The molecule has 0 aromatic rings. The number of nitrogens with zero attached hydrogens (tertiary/aromatic N) is 1. The van der Waals surface area contributed by atoms with Crippen LogP contribution in [0.5, 0.6) is 0 Å². The molecule has 0 saturated heterocycles. The lowest BCUT2D eigenvalue weighted by molar-refractivity contribution is -0.101. The van der Waals surface area contributed by atoms with Crippen LogP contribution in [-0.2, 0) is 0 Å². The Hall–Kier alpha value is -0.610. The van der Waals surface area contributed by atoms with Crippen molar-refractivity contribution < 1.29 is 5.21 Å². The molecule has 1 unspecified atom stereocenters. The van der Waals surface area contributed by atoms with E-state index in [9.17, 15) is 5.21 Å². The molecule has 0 saturated carbocycles. The summed E-state index contributed by atoms with van der Waals surface area (Å²) in [6.45, 7) is 6.89. The third-order valence-electron chi connectivity index (χ3n) is 1.98. The van der Waals surface area contributed by atoms with Crippen LogP contribution in [0, 0.1) is 5.41 Å². The molecule has 0 radical (unpaired) electrons. The van der Waals surface area contributed by atoms with Gasteiger partial charge in [0.15, 0.2) is 0 Å². The Morgan fingerprint density at radius 1 is 1.64 bits per heavy atom. The molecule has 0 aliphatic rings. The zero-order valence-corrected chi connectivity index (χ0v) is 7.55. The minimum Gasteiger partial charge on any atom is -0.326 e. The molecule has 1 atom stereocenters. The number of nitrogens with two attached hydrogens (primary N) is 1. The van der Waals surface area contributed by atoms with Crippen molar-refractivity contribution in [1.29, 1.82) is 5.41 Å². The Morgan fingerprint density at radius 3 is 2.09 bits per heavy atom. The Balaban J connectivity index is 4.41. The lowest BCUT2D eigenvalue weighted by Gasteiger charge is -2.37. The Kier molecular flexibility index (Phi) is 3.02. The average molecular weight is 159 g/mol. The molecule has 0 aromatic heterocycles. The minimum atomic E-state index is -0.578. The first kappa shape index (κ1) is 10.4. The van der Waals surface area contributed by atoms with E-state index in [1.54, 1.807) is 20.8 Å². The number of hydrogen-bond donors (Lipinski definition) is 3. The summed E-state index contributed by atoms with van der Waals surface area (Å²) in [7, 11) is 0. The summed E-state index contributed by atoms with van der Waals surface area (Å²) < 4.78 is 0. The standard InChI is InChI=1S/C7H17N3O/c1-5(8)7(3,4)10(11)6(2)9/h5,9,11H,8H2,1-4H3. The number of hydrogen-bond acceptors (Lipinski definition) is 3. The van der Waals surface area contributed by atoms with Gasteiger partial charge in [-0.1, -0.05) is 0 Å². The van der Waals surface area contributed by atoms with Gasteiger partial charge in [-0.05, 0) is 27.7 Å². The summed E-state index contributed by atoms with van der Waals surface area (Å²) in [4.78, 5) is 0. The predicted octanol–water partition coefficient (Wildman–Crippen LogP) is 0.801. The fourth-order valence-electron chi connectivity index (χ4n) is 0.625. The zero-order chi connectivity index (χ0) is 9.23. The highest BCUT2D eigenvalue weighted by molar-refractivity contribution is 5.75. The molecule has 0 fully saturated rings. The number of nitrogens with one attached hydrogen (secondary N) is 1. The van der Waals surface area contributed by atoms with E-state index in [0.29, 0.717) is 0 Å². The Labute approximate surface area is 67.5 Å². The molecule has 66 valence electrons. The van der Waals surface area contributed by atoms with Crippen LogP contribution in [0.15, 0.2) is 0 Å². The van der Waals surface area contributed by atoms with E-state index >= 15 is 0 Å². The van der Waals surface area contributed by atoms with Crippen LogP contribution in [0.3, 0.4) is 0 Å². The first-order chi connectivity index (χ1) is 4.80. The van der Waals surface area contributed by atoms with Crippen molar-refractivity contribution in [1.82, 2.24) is 5.06 Å². The molecule has 0 aliphatic carbocycles. The van der Waals surface area contributed by atoms with Crippen LogP contribution in [0.1, 0.15) is 27.7 Å². The minimum absolute atomic E-state index is 0.104. The summed E-state index contributed by atoms with van der Waals surface area (Å²) in [5, 5.41) is 17.4. The molecule has 4 nitrogen and oxygen atoms in total. The van der Waals surface area contributed by atoms with Gasteiger partial charge < -0.3 is 5.73 Å². The fourth-order valence-corrected chi connectivity index (χ4v) is 0.625. The summed E-state index contributed by atoms with van der Waals surface area (Å²) >= 11 is 0. The molecule has 0 aromatic carbocycles. The van der Waals surface area contributed by atoms with Crippen LogP contribution in [0.25, 0.3) is 0 Å². The zero-order valence-electron chi connectivity index (χ0n) is 7.55. The molecule has 0 rings (SSSR count). The molecule has 0 heterocycles. The summed E-state index contributed by atoms with van der Waals surface area (Å²) in [5.74, 6) is 0.104. The summed E-state index contributed by atoms with van der Waals surface area (Å²) in [6.07, 6.45) is 0. The molecule has 4 N–H and O–H groups in total. The van der Waals surface area contributed by atoms with Crippen molar-refractivity contribution in [3.05, 3.63) is 0 Å². The Bertz CT molecular complexity index is 154. The highest BCUT2D eigenvalue weighted by atomic mass is 16.5. The maximum Gasteiger partial charge on any atom is 0.118 e. The van der Waals surface area contributed by atoms with Gasteiger partial charge in [0.25, 0.3) is 0 Å². The smallest absolute Gasteiger partial charge is 0.118 e. The van der Waals surface area contributed by atoms with E-state index in [2.05, 4.69) is 0 Å². The predicted molar refractivity (Wildman–Crippen MR) is 44.8 cm³/mol. The molecular weight excluding hydrogens is 142 g/mol. The van der Waals surface area contributed by atoms with Crippen LogP contribution in [-0.4, -0.2) is 27.7 Å². The van der Waals surface area contributed by atoms with E-state index < -0.39 is 5.54 Å². The van der Waals surface area contributed by atoms with Gasteiger partial charge in [0.05, 0.1) is 5.54 Å². The fraction of sp³-hybridized carbons (Fsp3) is 0.857. The number of rotatable bonds is 2. The van der Waals surface area contributed by atoms with Gasteiger partial charge in [-0.2, -0.15) is 0 Å². The van der Waals surface area contributed by atoms with Crippen LogP contribution >= 0.6 is 0 Å². The van der Waals surface area contributed by atoms with Gasteiger partial charge in [-0.15, -0.1) is 0 Å². The topological polar surface area (TPSA) is 73.3 Å². The van der Waals surface area contributed by atoms with Gasteiger partial charge >= 0.3 is 0 Å². The maximum absolute atomic E-state index is 9.35. The van der Waals surface area contributed by atoms with Gasteiger partial charge in [0, 0.05) is 6.04 Å². The number of hydroxylamine groups is 2. The molecule has 4 heteroatoms. The molecule has 11 heavy (non-hydrogen) atoms. The second-order valence-corrected chi connectivity index (χ2v) is 3.34. The molecule has 0 aliphatic heterocycles. The van der Waals surface area contributed by atoms with Crippen LogP contribution in [0.2, 0.25) is 0 Å². The van der Waals surface area contributed by atoms with Crippen LogP contribution < -0.4 is 5.73 Å². The summed E-state index contributed by atoms with van der Waals surface area (Å²) in [6, 6.07) is -0.187. The van der Waals surface area contributed by atoms with Crippen molar-refractivity contribution in [2.24, 2.45) is 5.73 Å². The highest BCUT2D eigenvalue weighted by Gasteiger charge is 2.30. The monoisotopic (exact) mass is 159 g/mol. The average Bonchev–Trinajstić information content (AvgIpc) is 1.85. The van der Waals surface area contributed by atoms with Gasteiger partial charge in [-0.25, -0.2) is 5.06 Å². The lowest BCUT2D eigenvalue weighted by atomic mass is 9.96. The molecule has 0 bridgehead atoms. The third-order valence-corrected chi connectivity index (χ3v) is 1.98. The van der Waals surface area contributed by atoms with E-state index in [1.165, 1.54) is 6.92 Å². The van der Waals surface area contributed by atoms with E-state index in [4.69, 9.17) is 11.1 Å². The SMILES string of the molecule is CC(=N)N(O)C(C)(C)C(C)N. The van der Waals surface area contributed by atoms with Gasteiger partial charge in [0.1, 0.15) is 5.84 Å². The first-order valence-electron chi connectivity index (χ1n) is 3.60. The summed E-state index contributed by atoms with van der Waals surface area (Å²) in [5.41, 5.74) is 5.03. The van der Waals surface area contributed by atoms with Gasteiger partial charge in [-0.3, -0.25) is 10.6 Å². The molecule has 0 spiro atoms. The van der Waals surface area contributed by atoms with Crippen molar-refractivity contribution >= 4 is 5.84 Å². The second-order valence-electron chi connectivity index (χ2n) is 3.34. The van der Waals surface area contributed by atoms with E-state index in [1.807, 2.05) is 0 Å². The third kappa shape index (κ3) is 2.17.